The molecule has 0 radical (unpaired) electrons. The van der Waals surface area contributed by atoms with E-state index in [2.05, 4.69) is 76.7 Å². The molecule has 0 spiro atoms. The van der Waals surface area contributed by atoms with Gasteiger partial charge in [-0.1, -0.05) is 52.3 Å². The van der Waals surface area contributed by atoms with Gasteiger partial charge in [-0.3, -0.25) is 0 Å². The van der Waals surface area contributed by atoms with Crippen molar-refractivity contribution >= 4 is 21.6 Å². The van der Waals surface area contributed by atoms with Gasteiger partial charge in [0.05, 0.1) is 18.8 Å². The Labute approximate surface area is 145 Å². The Morgan fingerprint density at radius 3 is 2.78 bits per heavy atom. The van der Waals surface area contributed by atoms with Crippen LogP contribution in [0, 0.1) is 12.8 Å². The van der Waals surface area contributed by atoms with E-state index in [0.717, 1.165) is 17.9 Å². The Balaban J connectivity index is 1.88. The molecule has 2 aromatic rings. The highest BCUT2D eigenvalue weighted by atomic mass is 79.9. The molecule has 2 aliphatic rings. The molecule has 4 rings (SSSR count). The molecule has 0 fully saturated rings. The van der Waals surface area contributed by atoms with E-state index < -0.39 is 0 Å². The number of halogens is 1. The van der Waals surface area contributed by atoms with E-state index in [4.69, 9.17) is 4.74 Å². The third-order valence-corrected chi connectivity index (χ3v) is 5.88. The summed E-state index contributed by atoms with van der Waals surface area (Å²) in [6, 6.07) is 13.0. The fraction of sp³-hybridized carbons (Fsp3) is 0.300. The number of anilines is 1. The lowest BCUT2D eigenvalue weighted by Gasteiger charge is -2.39. The van der Waals surface area contributed by atoms with Gasteiger partial charge in [0, 0.05) is 10.4 Å². The molecule has 0 saturated carbocycles. The van der Waals surface area contributed by atoms with Crippen molar-refractivity contribution in [3.63, 3.8) is 0 Å². The van der Waals surface area contributed by atoms with Crippen molar-refractivity contribution in [2.24, 2.45) is 5.92 Å². The fourth-order valence-corrected chi connectivity index (χ4v) is 4.61. The Bertz CT molecular complexity index is 783. The van der Waals surface area contributed by atoms with Gasteiger partial charge < -0.3 is 10.1 Å². The van der Waals surface area contributed by atoms with Crippen LogP contribution in [0.3, 0.4) is 0 Å². The number of hydrogen-bond acceptors (Lipinski definition) is 2. The number of benzene rings is 2. The van der Waals surface area contributed by atoms with Gasteiger partial charge in [0.2, 0.25) is 0 Å². The van der Waals surface area contributed by atoms with E-state index in [1.54, 1.807) is 7.11 Å². The lowest BCUT2D eigenvalue weighted by molar-refractivity contribution is 0.396. The molecule has 1 aliphatic heterocycles. The number of allylic oxidation sites excluding steroid dienone is 2. The molecule has 1 heterocycles. The normalized spacial score (nSPS) is 24.7. The van der Waals surface area contributed by atoms with Crippen LogP contribution in [-0.2, 0) is 0 Å². The summed E-state index contributed by atoms with van der Waals surface area (Å²) in [7, 11) is 1.75. The summed E-state index contributed by atoms with van der Waals surface area (Å²) < 4.78 is 6.80. The third kappa shape index (κ3) is 2.29. The van der Waals surface area contributed by atoms with Crippen molar-refractivity contribution in [3.8, 4) is 5.75 Å². The van der Waals surface area contributed by atoms with E-state index in [0.29, 0.717) is 11.8 Å². The van der Waals surface area contributed by atoms with Crippen LogP contribution in [0.15, 0.2) is 53.0 Å². The number of nitrogens with one attached hydrogen (secondary N) is 1. The second kappa shape index (κ2) is 5.72. The quantitative estimate of drug-likeness (QED) is 0.696. The molecule has 118 valence electrons. The maximum atomic E-state index is 5.63. The molecule has 0 bridgehead atoms. The van der Waals surface area contributed by atoms with Gasteiger partial charge in [-0.15, -0.1) is 0 Å². The summed E-state index contributed by atoms with van der Waals surface area (Å²) in [5.41, 5.74) is 5.20. The largest absolute Gasteiger partial charge is 0.495 e. The maximum Gasteiger partial charge on any atom is 0.142 e. The molecule has 2 aromatic carbocycles. The molecule has 0 saturated heterocycles. The van der Waals surface area contributed by atoms with Crippen LogP contribution in [0.5, 0.6) is 5.75 Å². The molecule has 0 aromatic heterocycles. The van der Waals surface area contributed by atoms with E-state index in [-0.39, 0.29) is 6.04 Å². The maximum absolute atomic E-state index is 5.63. The highest BCUT2D eigenvalue weighted by Crippen LogP contribution is 2.53. The van der Waals surface area contributed by atoms with E-state index in [1.165, 1.54) is 21.2 Å². The second-order valence-corrected chi connectivity index (χ2v) is 7.22. The highest BCUT2D eigenvalue weighted by Gasteiger charge is 2.40. The van der Waals surface area contributed by atoms with Crippen LogP contribution in [-0.4, -0.2) is 7.11 Å². The zero-order valence-electron chi connectivity index (χ0n) is 13.3. The van der Waals surface area contributed by atoms with Gasteiger partial charge in [-0.2, -0.15) is 0 Å². The van der Waals surface area contributed by atoms with Crippen LogP contribution in [0.4, 0.5) is 5.69 Å². The first-order chi connectivity index (χ1) is 11.2. The van der Waals surface area contributed by atoms with E-state index >= 15 is 0 Å². The molecular weight excluding hydrogens is 350 g/mol. The Morgan fingerprint density at radius 2 is 2.00 bits per heavy atom. The van der Waals surface area contributed by atoms with Crippen LogP contribution in [0.25, 0.3) is 0 Å². The van der Waals surface area contributed by atoms with Crippen molar-refractivity contribution in [1.82, 2.24) is 0 Å². The van der Waals surface area contributed by atoms with Crippen molar-refractivity contribution in [2.45, 2.75) is 25.3 Å². The molecule has 23 heavy (non-hydrogen) atoms. The molecule has 3 heteroatoms. The number of ether oxygens (including phenoxy) is 1. The Kier molecular flexibility index (Phi) is 3.68. The zero-order valence-corrected chi connectivity index (χ0v) is 14.9. The smallest absolute Gasteiger partial charge is 0.142 e. The summed E-state index contributed by atoms with van der Waals surface area (Å²) in [5, 5.41) is 3.79. The monoisotopic (exact) mass is 369 g/mol. The molecule has 2 nitrogen and oxygen atoms in total. The van der Waals surface area contributed by atoms with Gasteiger partial charge >= 0.3 is 0 Å². The number of aryl methyl sites for hydroxylation is 1. The predicted molar refractivity (Wildman–Crippen MR) is 98.2 cm³/mol. The van der Waals surface area contributed by atoms with Crippen molar-refractivity contribution in [1.29, 1.82) is 0 Å². The summed E-state index contributed by atoms with van der Waals surface area (Å²) in [5.74, 6) is 1.94. The summed E-state index contributed by atoms with van der Waals surface area (Å²) in [4.78, 5) is 0. The molecule has 0 unspecified atom stereocenters. The minimum atomic E-state index is 0.286. The number of rotatable bonds is 2. The van der Waals surface area contributed by atoms with Crippen LogP contribution in [0.2, 0.25) is 0 Å². The van der Waals surface area contributed by atoms with Gasteiger partial charge in [-0.05, 0) is 48.1 Å². The lowest BCUT2D eigenvalue weighted by Crippen LogP contribution is -2.30. The highest BCUT2D eigenvalue weighted by molar-refractivity contribution is 9.10. The Morgan fingerprint density at radius 1 is 1.17 bits per heavy atom. The molecule has 3 atom stereocenters. The molecular formula is C20H20BrNO. The van der Waals surface area contributed by atoms with Gasteiger partial charge in [0.1, 0.15) is 5.75 Å². The van der Waals surface area contributed by atoms with Crippen LogP contribution < -0.4 is 10.1 Å². The first-order valence-corrected chi connectivity index (χ1v) is 8.85. The number of fused-ring (bicyclic) bond motifs is 3. The topological polar surface area (TPSA) is 21.3 Å². The van der Waals surface area contributed by atoms with Crippen LogP contribution >= 0.6 is 15.9 Å². The van der Waals surface area contributed by atoms with E-state index in [9.17, 15) is 0 Å². The second-order valence-electron chi connectivity index (χ2n) is 6.37. The average Bonchev–Trinajstić information content (AvgIpc) is 3.04. The number of methoxy groups -OCH3 is 1. The predicted octanol–water partition coefficient (Wildman–Crippen LogP) is 5.59. The van der Waals surface area contributed by atoms with Crippen molar-refractivity contribution in [2.75, 3.05) is 12.4 Å². The van der Waals surface area contributed by atoms with Crippen molar-refractivity contribution < 1.29 is 4.74 Å². The first kappa shape index (κ1) is 14.8. The van der Waals surface area contributed by atoms with E-state index in [1.807, 2.05) is 0 Å². The lowest BCUT2D eigenvalue weighted by atomic mass is 9.75. The van der Waals surface area contributed by atoms with Gasteiger partial charge in [0.25, 0.3) is 0 Å². The fourth-order valence-electron chi connectivity index (χ4n) is 4.08. The standard InChI is InChI=1S/C20H20BrNO/c1-12-10-11-17(23-2)20-18(12)13-7-5-8-14(13)19(22-20)15-6-3-4-9-16(15)21/h3-7,9-11,13-14,19,22H,8H2,1-2H3/t13-,14-,19-/m0/s1. The van der Waals surface area contributed by atoms with Crippen LogP contribution in [0.1, 0.15) is 35.1 Å². The van der Waals surface area contributed by atoms with Gasteiger partial charge in [0.15, 0.2) is 0 Å². The molecule has 0 amide bonds. The minimum absolute atomic E-state index is 0.286. The average molecular weight is 370 g/mol. The first-order valence-electron chi connectivity index (χ1n) is 8.06. The zero-order chi connectivity index (χ0) is 16.0. The Hall–Kier alpha value is -1.74. The minimum Gasteiger partial charge on any atom is -0.495 e. The molecule has 1 aliphatic carbocycles. The van der Waals surface area contributed by atoms with Gasteiger partial charge in [-0.25, -0.2) is 0 Å². The summed E-state index contributed by atoms with van der Waals surface area (Å²) in [6.07, 6.45) is 5.81. The summed E-state index contributed by atoms with van der Waals surface area (Å²) >= 11 is 3.73. The number of hydrogen-bond donors (Lipinski definition) is 1. The third-order valence-electron chi connectivity index (χ3n) is 5.16. The van der Waals surface area contributed by atoms with Crippen molar-refractivity contribution in [3.05, 3.63) is 69.7 Å². The summed E-state index contributed by atoms with van der Waals surface area (Å²) in [6.45, 7) is 2.20. The molecule has 1 N–H and O–H groups in total. The SMILES string of the molecule is COc1ccc(C)c2c1N[C@H](c1ccccc1Br)[C@H]1CC=C[C@H]21.